The predicted octanol–water partition coefficient (Wildman–Crippen LogP) is 5.44. The maximum absolute atomic E-state index is 12.2. The Hall–Kier alpha value is -2.61. The maximum Gasteiger partial charge on any atom is 0.225 e. The summed E-state index contributed by atoms with van der Waals surface area (Å²) in [5.74, 6) is 0.721. The lowest BCUT2D eigenvalue weighted by Gasteiger charge is -2.28. The van der Waals surface area contributed by atoms with Crippen LogP contribution < -0.4 is 5.32 Å². The van der Waals surface area contributed by atoms with E-state index in [0.29, 0.717) is 12.3 Å². The Labute approximate surface area is 142 Å². The average Bonchev–Trinajstić information content (AvgIpc) is 2.60. The highest BCUT2D eigenvalue weighted by atomic mass is 16.1. The van der Waals surface area contributed by atoms with Crippen LogP contribution in [0.25, 0.3) is 10.8 Å². The Morgan fingerprint density at radius 2 is 1.71 bits per heavy atom. The third-order valence-corrected chi connectivity index (χ3v) is 4.99. The summed E-state index contributed by atoms with van der Waals surface area (Å²) >= 11 is 0. The normalized spacial score (nSPS) is 17.0. The number of benzene rings is 3. The van der Waals surface area contributed by atoms with Gasteiger partial charge in [-0.05, 0) is 39.4 Å². The maximum atomic E-state index is 12.2. The Morgan fingerprint density at radius 3 is 2.46 bits per heavy atom. The standard InChI is InChI=1S/C22H21NO/c1-14(2)15-7-9-17(10-8-15)19-13-21(24)23-20-12-11-16-5-3-4-6-18(16)22(19)20/h3-12,14,19H,13H2,1-2H3,(H,23,24)/t19-/m1/s1. The predicted molar refractivity (Wildman–Crippen MR) is 99.6 cm³/mol. The molecule has 1 N–H and O–H groups in total. The summed E-state index contributed by atoms with van der Waals surface area (Å²) < 4.78 is 0. The molecule has 2 nitrogen and oxygen atoms in total. The van der Waals surface area contributed by atoms with Crippen LogP contribution in [0, 0.1) is 0 Å². The number of rotatable bonds is 2. The van der Waals surface area contributed by atoms with Crippen molar-refractivity contribution in [2.24, 2.45) is 0 Å². The lowest BCUT2D eigenvalue weighted by Crippen LogP contribution is -2.23. The van der Waals surface area contributed by atoms with Crippen molar-refractivity contribution in [3.8, 4) is 0 Å². The van der Waals surface area contributed by atoms with Crippen molar-refractivity contribution in [3.05, 3.63) is 77.4 Å². The fraction of sp³-hybridized carbons (Fsp3) is 0.227. The second kappa shape index (κ2) is 5.79. The van der Waals surface area contributed by atoms with Gasteiger partial charge in [-0.15, -0.1) is 0 Å². The van der Waals surface area contributed by atoms with Crippen LogP contribution in [0.4, 0.5) is 5.69 Å². The van der Waals surface area contributed by atoms with Crippen LogP contribution in [0.3, 0.4) is 0 Å². The van der Waals surface area contributed by atoms with Crippen LogP contribution in [0.2, 0.25) is 0 Å². The Bertz CT molecular complexity index is 909. The van der Waals surface area contributed by atoms with Crippen LogP contribution >= 0.6 is 0 Å². The van der Waals surface area contributed by atoms with Gasteiger partial charge in [0.1, 0.15) is 0 Å². The minimum absolute atomic E-state index is 0.0933. The molecular weight excluding hydrogens is 294 g/mol. The number of carbonyl (C=O) groups excluding carboxylic acids is 1. The van der Waals surface area contributed by atoms with Gasteiger partial charge in [0.15, 0.2) is 0 Å². The van der Waals surface area contributed by atoms with E-state index >= 15 is 0 Å². The first-order valence-corrected chi connectivity index (χ1v) is 8.55. The van der Waals surface area contributed by atoms with E-state index in [2.05, 4.69) is 73.8 Å². The lowest BCUT2D eigenvalue weighted by molar-refractivity contribution is -0.116. The summed E-state index contributed by atoms with van der Waals surface area (Å²) in [7, 11) is 0. The van der Waals surface area contributed by atoms with E-state index in [4.69, 9.17) is 0 Å². The summed E-state index contributed by atoms with van der Waals surface area (Å²) in [5, 5.41) is 5.49. The van der Waals surface area contributed by atoms with Gasteiger partial charge in [0, 0.05) is 18.0 Å². The average molecular weight is 315 g/mol. The molecule has 0 saturated carbocycles. The van der Waals surface area contributed by atoms with Gasteiger partial charge in [0.05, 0.1) is 0 Å². The number of amides is 1. The molecule has 0 unspecified atom stereocenters. The molecule has 24 heavy (non-hydrogen) atoms. The van der Waals surface area contributed by atoms with Gasteiger partial charge in [-0.1, -0.05) is 68.4 Å². The lowest BCUT2D eigenvalue weighted by atomic mass is 9.81. The third kappa shape index (κ3) is 2.48. The Morgan fingerprint density at radius 1 is 0.958 bits per heavy atom. The van der Waals surface area contributed by atoms with E-state index in [1.54, 1.807) is 0 Å². The summed E-state index contributed by atoms with van der Waals surface area (Å²) in [6.07, 6.45) is 0.502. The van der Waals surface area contributed by atoms with E-state index in [9.17, 15) is 4.79 Å². The van der Waals surface area contributed by atoms with Gasteiger partial charge in [-0.25, -0.2) is 0 Å². The molecule has 1 atom stereocenters. The first-order chi connectivity index (χ1) is 11.6. The van der Waals surface area contributed by atoms with Gasteiger partial charge in [0.25, 0.3) is 0 Å². The van der Waals surface area contributed by atoms with Crippen molar-refractivity contribution >= 4 is 22.4 Å². The van der Waals surface area contributed by atoms with Crippen LogP contribution in [0.1, 0.15) is 48.8 Å². The fourth-order valence-electron chi connectivity index (χ4n) is 3.67. The number of fused-ring (bicyclic) bond motifs is 3. The number of carbonyl (C=O) groups is 1. The van der Waals surface area contributed by atoms with Crippen molar-refractivity contribution in [1.82, 2.24) is 0 Å². The van der Waals surface area contributed by atoms with Gasteiger partial charge in [-0.3, -0.25) is 4.79 Å². The molecule has 0 saturated heterocycles. The first-order valence-electron chi connectivity index (χ1n) is 8.55. The van der Waals surface area contributed by atoms with Gasteiger partial charge in [0.2, 0.25) is 5.91 Å². The van der Waals surface area contributed by atoms with Gasteiger partial charge in [-0.2, -0.15) is 0 Å². The van der Waals surface area contributed by atoms with Crippen LogP contribution in [-0.4, -0.2) is 5.91 Å². The number of hydrogen-bond donors (Lipinski definition) is 1. The number of nitrogens with one attached hydrogen (secondary N) is 1. The second-order valence-corrected chi connectivity index (χ2v) is 6.87. The number of anilines is 1. The highest BCUT2D eigenvalue weighted by Gasteiger charge is 2.28. The molecule has 0 bridgehead atoms. The molecule has 1 aliphatic rings. The minimum atomic E-state index is 0.0933. The quantitative estimate of drug-likeness (QED) is 0.670. The molecule has 3 aromatic rings. The topological polar surface area (TPSA) is 29.1 Å². The summed E-state index contributed by atoms with van der Waals surface area (Å²) in [4.78, 5) is 12.2. The highest BCUT2D eigenvalue weighted by Crippen LogP contribution is 2.41. The molecule has 4 rings (SSSR count). The van der Waals surface area contributed by atoms with Crippen LogP contribution in [0.5, 0.6) is 0 Å². The van der Waals surface area contributed by atoms with E-state index in [-0.39, 0.29) is 11.8 Å². The van der Waals surface area contributed by atoms with E-state index in [0.717, 1.165) is 5.69 Å². The molecule has 1 amide bonds. The highest BCUT2D eigenvalue weighted by molar-refractivity contribution is 6.01. The zero-order chi connectivity index (χ0) is 16.7. The summed E-state index contributed by atoms with van der Waals surface area (Å²) in [6.45, 7) is 4.40. The molecule has 3 aromatic carbocycles. The van der Waals surface area contributed by atoms with Crippen molar-refractivity contribution in [1.29, 1.82) is 0 Å². The summed E-state index contributed by atoms with van der Waals surface area (Å²) in [6, 6.07) is 21.3. The monoisotopic (exact) mass is 315 g/mol. The van der Waals surface area contributed by atoms with Gasteiger partial charge >= 0.3 is 0 Å². The molecule has 0 aromatic heterocycles. The largest absolute Gasteiger partial charge is 0.326 e. The van der Waals surface area contributed by atoms with Crippen molar-refractivity contribution in [2.45, 2.75) is 32.1 Å². The Balaban J connectivity index is 1.88. The van der Waals surface area contributed by atoms with Crippen molar-refractivity contribution in [2.75, 3.05) is 5.32 Å². The zero-order valence-electron chi connectivity index (χ0n) is 14.0. The number of hydrogen-bond acceptors (Lipinski definition) is 1. The van der Waals surface area contributed by atoms with Crippen LogP contribution in [0.15, 0.2) is 60.7 Å². The van der Waals surface area contributed by atoms with Crippen molar-refractivity contribution < 1.29 is 4.79 Å². The Kier molecular flexibility index (Phi) is 3.61. The molecule has 1 aliphatic heterocycles. The summed E-state index contributed by atoms with van der Waals surface area (Å²) in [5.41, 5.74) is 4.73. The van der Waals surface area contributed by atoms with Crippen molar-refractivity contribution in [3.63, 3.8) is 0 Å². The SMILES string of the molecule is CC(C)c1ccc([C@H]2CC(=O)Nc3ccc4ccccc4c32)cc1. The molecular formula is C22H21NO. The first kappa shape index (κ1) is 14.9. The zero-order valence-corrected chi connectivity index (χ0v) is 14.0. The molecule has 0 radical (unpaired) electrons. The van der Waals surface area contributed by atoms with E-state index < -0.39 is 0 Å². The molecule has 0 fully saturated rings. The molecule has 0 spiro atoms. The smallest absolute Gasteiger partial charge is 0.225 e. The van der Waals surface area contributed by atoms with E-state index in [1.807, 2.05) is 6.07 Å². The van der Waals surface area contributed by atoms with Crippen LogP contribution in [-0.2, 0) is 4.79 Å². The minimum Gasteiger partial charge on any atom is -0.326 e. The van der Waals surface area contributed by atoms with Gasteiger partial charge < -0.3 is 5.32 Å². The fourth-order valence-corrected chi connectivity index (χ4v) is 3.67. The third-order valence-electron chi connectivity index (χ3n) is 4.99. The van der Waals surface area contributed by atoms with E-state index in [1.165, 1.54) is 27.5 Å². The second-order valence-electron chi connectivity index (χ2n) is 6.87. The molecule has 1 heterocycles. The molecule has 2 heteroatoms. The molecule has 0 aliphatic carbocycles. The molecule has 120 valence electrons.